The molecule has 0 aromatic rings. The van der Waals surface area contributed by atoms with Crippen LogP contribution in [0, 0.1) is 0 Å². The number of nitrogens with one attached hydrogen (secondary N) is 1. The van der Waals surface area contributed by atoms with Crippen molar-refractivity contribution in [1.82, 2.24) is 5.32 Å². The second kappa shape index (κ2) is 48.8. The van der Waals surface area contributed by atoms with Crippen molar-refractivity contribution in [1.29, 1.82) is 0 Å². The minimum absolute atomic E-state index is 0.0625. The molecule has 0 aliphatic carbocycles. The minimum Gasteiger partial charge on any atom is -0.462 e. The van der Waals surface area contributed by atoms with Crippen LogP contribution >= 0.6 is 0 Å². The van der Waals surface area contributed by atoms with Crippen molar-refractivity contribution >= 4 is 11.9 Å². The van der Waals surface area contributed by atoms with Crippen LogP contribution < -0.4 is 5.32 Å². The number of hydrogen-bond acceptors (Lipinski definition) is 5. The van der Waals surface area contributed by atoms with Crippen LogP contribution in [-0.4, -0.2) is 46.9 Å². The zero-order chi connectivity index (χ0) is 44.5. The lowest BCUT2D eigenvalue weighted by Crippen LogP contribution is -2.46. The smallest absolute Gasteiger partial charge is 0.306 e. The number of allylic oxidation sites excluding steroid dienone is 8. The molecule has 0 aliphatic heterocycles. The molecule has 0 spiro atoms. The number of amides is 1. The first-order valence-corrected chi connectivity index (χ1v) is 26.4. The fourth-order valence-corrected chi connectivity index (χ4v) is 7.91. The van der Waals surface area contributed by atoms with Crippen LogP contribution in [0.2, 0.25) is 0 Å². The molecule has 6 nitrogen and oxygen atoms in total. The van der Waals surface area contributed by atoms with E-state index in [9.17, 15) is 19.8 Å². The highest BCUT2D eigenvalue weighted by Crippen LogP contribution is 2.18. The number of esters is 1. The number of carbonyl (C=O) groups excluding carboxylic acids is 2. The molecule has 0 aromatic carbocycles. The van der Waals surface area contributed by atoms with Gasteiger partial charge in [-0.1, -0.05) is 217 Å². The zero-order valence-electron chi connectivity index (χ0n) is 40.5. The molecule has 0 aliphatic rings. The first-order chi connectivity index (χ1) is 30.0. The van der Waals surface area contributed by atoms with Gasteiger partial charge in [0.15, 0.2) is 0 Å². The summed E-state index contributed by atoms with van der Waals surface area (Å²) < 4.78 is 5.93. The minimum atomic E-state index is -0.792. The number of ether oxygens (including phenoxy) is 1. The first kappa shape index (κ1) is 58.8. The van der Waals surface area contributed by atoms with Gasteiger partial charge in [-0.2, -0.15) is 0 Å². The molecule has 0 fully saturated rings. The molecule has 0 aromatic heterocycles. The second-order valence-electron chi connectivity index (χ2n) is 17.9. The molecule has 3 atom stereocenters. The van der Waals surface area contributed by atoms with Gasteiger partial charge < -0.3 is 20.3 Å². The number of aliphatic hydroxyl groups is 2. The number of hydrogen-bond donors (Lipinski definition) is 3. The summed E-state index contributed by atoms with van der Waals surface area (Å²) in [6.07, 6.45) is 58.9. The number of aliphatic hydroxyl groups excluding tert-OH is 2. The molecule has 61 heavy (non-hydrogen) atoms. The van der Waals surface area contributed by atoms with Crippen LogP contribution in [-0.2, 0) is 14.3 Å². The summed E-state index contributed by atoms with van der Waals surface area (Å²) >= 11 is 0. The van der Waals surface area contributed by atoms with Crippen LogP contribution in [0.4, 0.5) is 0 Å². The van der Waals surface area contributed by atoms with Crippen molar-refractivity contribution in [2.24, 2.45) is 0 Å². The summed E-state index contributed by atoms with van der Waals surface area (Å²) in [6, 6.07) is -0.707. The van der Waals surface area contributed by atoms with Gasteiger partial charge in [0.2, 0.25) is 5.91 Å². The van der Waals surface area contributed by atoms with Gasteiger partial charge in [0, 0.05) is 6.42 Å². The molecule has 0 saturated carbocycles. The van der Waals surface area contributed by atoms with Crippen molar-refractivity contribution < 1.29 is 24.5 Å². The van der Waals surface area contributed by atoms with Crippen LogP contribution in [0.3, 0.4) is 0 Å². The molecule has 0 bridgehead atoms. The monoisotopic (exact) mass is 856 g/mol. The van der Waals surface area contributed by atoms with Crippen LogP contribution in [0.1, 0.15) is 265 Å². The maximum atomic E-state index is 13.2. The molecule has 356 valence electrons. The Hall–Kier alpha value is -2.18. The lowest BCUT2D eigenvalue weighted by Gasteiger charge is -2.24. The topological polar surface area (TPSA) is 95.9 Å². The van der Waals surface area contributed by atoms with E-state index in [2.05, 4.69) is 74.7 Å². The van der Waals surface area contributed by atoms with Gasteiger partial charge in [0.05, 0.1) is 25.2 Å². The Bertz CT molecular complexity index is 1050. The van der Waals surface area contributed by atoms with E-state index in [4.69, 9.17) is 4.74 Å². The Balaban J connectivity index is 4.53. The third kappa shape index (κ3) is 44.2. The van der Waals surface area contributed by atoms with E-state index >= 15 is 0 Å². The van der Waals surface area contributed by atoms with Crippen molar-refractivity contribution in [3.8, 4) is 0 Å². The van der Waals surface area contributed by atoms with E-state index in [0.29, 0.717) is 19.3 Å². The van der Waals surface area contributed by atoms with Crippen molar-refractivity contribution in [3.63, 3.8) is 0 Å². The Morgan fingerprint density at radius 3 is 1.36 bits per heavy atom. The molecule has 0 saturated heterocycles. The standard InChI is InChI=1S/C55H101NO5/c1-4-7-10-13-16-19-21-23-25-26-27-28-29-31-33-36-39-42-45-48-55(60)61-51(46-43-40-37-35-32-30-24-22-20-17-14-11-8-5-2)49-54(59)56-52(50-57)53(58)47-44-41-38-34-18-15-12-9-6-3/h8,11,17,20,23-25,30,51-53,57-58H,4-7,9-10,12-16,18-19,21-22,26-29,31-50H2,1-3H3,(H,56,59)/b11-8+,20-17+,25-23+,30-24+. The Morgan fingerprint density at radius 2 is 0.885 bits per heavy atom. The predicted octanol–water partition coefficient (Wildman–Crippen LogP) is 15.8. The number of unbranched alkanes of at least 4 members (excludes halogenated alkanes) is 27. The highest BCUT2D eigenvalue weighted by Gasteiger charge is 2.24. The van der Waals surface area contributed by atoms with E-state index in [0.717, 1.165) is 89.9 Å². The van der Waals surface area contributed by atoms with Gasteiger partial charge in [0.25, 0.3) is 0 Å². The van der Waals surface area contributed by atoms with Crippen LogP contribution in [0.25, 0.3) is 0 Å². The maximum Gasteiger partial charge on any atom is 0.306 e. The third-order valence-corrected chi connectivity index (χ3v) is 11.9. The highest BCUT2D eigenvalue weighted by atomic mass is 16.5. The average Bonchev–Trinajstić information content (AvgIpc) is 3.25. The normalized spacial score (nSPS) is 13.6. The maximum absolute atomic E-state index is 13.2. The first-order valence-electron chi connectivity index (χ1n) is 26.4. The molecular weight excluding hydrogens is 755 g/mol. The lowest BCUT2D eigenvalue weighted by molar-refractivity contribution is -0.151. The fraction of sp³-hybridized carbons (Fsp3) is 0.818. The quantitative estimate of drug-likeness (QED) is 0.0322. The van der Waals surface area contributed by atoms with Gasteiger partial charge in [-0.05, 0) is 83.5 Å². The summed E-state index contributed by atoms with van der Waals surface area (Å²) in [4.78, 5) is 26.1. The second-order valence-corrected chi connectivity index (χ2v) is 17.9. The Kier molecular flexibility index (Phi) is 47.1. The molecule has 0 radical (unpaired) electrons. The highest BCUT2D eigenvalue weighted by molar-refractivity contribution is 5.77. The van der Waals surface area contributed by atoms with Gasteiger partial charge in [-0.25, -0.2) is 0 Å². The zero-order valence-corrected chi connectivity index (χ0v) is 40.5. The summed E-state index contributed by atoms with van der Waals surface area (Å²) in [6.45, 7) is 6.35. The Morgan fingerprint density at radius 1 is 0.492 bits per heavy atom. The molecule has 0 rings (SSSR count). The van der Waals surface area contributed by atoms with E-state index in [-0.39, 0.29) is 24.9 Å². The SMILES string of the molecule is CC/C=C/C/C=C/C/C=C/CCCCCCC(CC(=O)NC(CO)C(O)CCCCCCCCCCC)OC(=O)CCCCCCCCCCC/C=C/CCCCCCCC. The molecule has 1 amide bonds. The summed E-state index contributed by atoms with van der Waals surface area (Å²) in [5.74, 6) is -0.494. The van der Waals surface area contributed by atoms with E-state index in [1.807, 2.05) is 0 Å². The fourth-order valence-electron chi connectivity index (χ4n) is 7.91. The van der Waals surface area contributed by atoms with Gasteiger partial charge in [0.1, 0.15) is 6.10 Å². The summed E-state index contributed by atoms with van der Waals surface area (Å²) in [5.41, 5.74) is 0. The van der Waals surface area contributed by atoms with Gasteiger partial charge in [-0.15, -0.1) is 0 Å². The molecule has 3 unspecified atom stereocenters. The predicted molar refractivity (Wildman–Crippen MR) is 264 cm³/mol. The number of carbonyl (C=O) groups is 2. The lowest BCUT2D eigenvalue weighted by atomic mass is 10.0. The summed E-state index contributed by atoms with van der Waals surface area (Å²) in [5, 5.41) is 23.7. The molecular formula is C55H101NO5. The molecule has 3 N–H and O–H groups in total. The molecule has 0 heterocycles. The third-order valence-electron chi connectivity index (χ3n) is 11.9. The van der Waals surface area contributed by atoms with E-state index in [1.165, 1.54) is 128 Å². The van der Waals surface area contributed by atoms with Crippen molar-refractivity contribution in [2.75, 3.05) is 6.61 Å². The van der Waals surface area contributed by atoms with Gasteiger partial charge in [-0.3, -0.25) is 9.59 Å². The number of rotatable bonds is 47. The summed E-state index contributed by atoms with van der Waals surface area (Å²) in [7, 11) is 0. The van der Waals surface area contributed by atoms with Gasteiger partial charge >= 0.3 is 5.97 Å². The van der Waals surface area contributed by atoms with E-state index in [1.54, 1.807) is 0 Å². The Labute approximate surface area is 378 Å². The average molecular weight is 856 g/mol. The van der Waals surface area contributed by atoms with Crippen molar-refractivity contribution in [3.05, 3.63) is 48.6 Å². The molecule has 6 heteroatoms. The largest absolute Gasteiger partial charge is 0.462 e. The van der Waals surface area contributed by atoms with Crippen LogP contribution in [0.5, 0.6) is 0 Å². The van der Waals surface area contributed by atoms with Crippen LogP contribution in [0.15, 0.2) is 48.6 Å². The van der Waals surface area contributed by atoms with Crippen molar-refractivity contribution in [2.45, 2.75) is 283 Å². The van der Waals surface area contributed by atoms with E-state index < -0.39 is 18.2 Å².